The molecular weight excluding hydrogens is 900 g/mol. The van der Waals surface area contributed by atoms with E-state index in [-0.39, 0.29) is 0 Å². The van der Waals surface area contributed by atoms with Gasteiger partial charge in [-0.25, -0.2) is 79.0 Å². The lowest BCUT2D eigenvalue weighted by Gasteiger charge is -2.25. The largest absolute Gasteiger partial charge is 0.636 e. The number of hydrogen-bond donors (Lipinski definition) is 0. The smallest absolute Gasteiger partial charge is 0.519 e. The monoisotopic (exact) mass is 900 g/mol. The van der Waals surface area contributed by atoms with Crippen molar-refractivity contribution in [3.63, 3.8) is 0 Å². The molecule has 1 aliphatic carbocycles. The highest BCUT2D eigenvalue weighted by molar-refractivity contribution is 6.66. The van der Waals surface area contributed by atoms with Gasteiger partial charge in [0.05, 0.1) is 32.7 Å². The maximum absolute atomic E-state index is 16.3. The molecule has 7 aromatic carbocycles. The van der Waals surface area contributed by atoms with E-state index in [9.17, 15) is 43.9 Å². The van der Waals surface area contributed by atoms with Gasteiger partial charge in [0.15, 0.2) is 98.8 Å². The molecule has 8 rings (SSSR count). The molecule has 0 heterocycles. The molecule has 0 bridgehead atoms. The Bertz CT molecular complexity index is 3150. The second kappa shape index (κ2) is 13.1. The van der Waals surface area contributed by atoms with Gasteiger partial charge >= 0.3 is 13.0 Å². The van der Waals surface area contributed by atoms with Gasteiger partial charge in [-0.1, -0.05) is 0 Å². The zero-order valence-electron chi connectivity index (χ0n) is 27.6. The van der Waals surface area contributed by atoms with E-state index < -0.39 is 207 Å². The Balaban J connectivity index is 1.56. The van der Waals surface area contributed by atoms with E-state index in [1.54, 1.807) is 0 Å². The summed E-state index contributed by atoms with van der Waals surface area (Å²) >= 11 is 0. The topological polar surface area (TPSA) is 18.5 Å². The molecule has 0 amide bonds. The van der Waals surface area contributed by atoms with Crippen LogP contribution < -0.4 is 14.8 Å². The Kier molecular flexibility index (Phi) is 8.86. The number of alkyl halides is 2. The first-order valence-electron chi connectivity index (χ1n) is 15.5. The first-order chi connectivity index (χ1) is 28.3. The standard InChI is InChI=1S/C35BF23O2/c37-12-3-4-10(35(58,59)9(3)21(46)26(51)24(12)49)33(30(55)25(50)13(4)38)60-36(61-34-31(56)28(53)27(52)29(54)32(34)57)11-5-1-2-7(15(40)14(5)39)19(44)23(48)20(45)8(2)17(42)16(41)6(1)18(43)22(11)47. The van der Waals surface area contributed by atoms with Gasteiger partial charge < -0.3 is 9.31 Å². The second-order valence-electron chi connectivity index (χ2n) is 12.6. The zero-order chi connectivity index (χ0) is 45.1. The minimum absolute atomic E-state index is 2.01. The summed E-state index contributed by atoms with van der Waals surface area (Å²) in [4.78, 5) is 0. The van der Waals surface area contributed by atoms with Crippen molar-refractivity contribution in [2.24, 2.45) is 0 Å². The van der Waals surface area contributed by atoms with E-state index in [4.69, 9.17) is 0 Å². The molecule has 7 aromatic rings. The van der Waals surface area contributed by atoms with Crippen LogP contribution in [0.4, 0.5) is 101 Å². The molecule has 0 saturated heterocycles. The van der Waals surface area contributed by atoms with Crippen LogP contribution in [0.2, 0.25) is 0 Å². The van der Waals surface area contributed by atoms with Gasteiger partial charge in [-0.2, -0.15) is 22.0 Å². The van der Waals surface area contributed by atoms with Crippen molar-refractivity contribution in [2.75, 3.05) is 0 Å². The van der Waals surface area contributed by atoms with Gasteiger partial charge in [-0.15, -0.1) is 0 Å². The molecule has 61 heavy (non-hydrogen) atoms. The fourth-order valence-electron chi connectivity index (χ4n) is 6.99. The summed E-state index contributed by atoms with van der Waals surface area (Å²) in [6.45, 7) is 0. The van der Waals surface area contributed by atoms with Gasteiger partial charge in [0, 0.05) is 27.3 Å². The van der Waals surface area contributed by atoms with Crippen LogP contribution >= 0.6 is 0 Å². The van der Waals surface area contributed by atoms with Gasteiger partial charge in [0.1, 0.15) is 0 Å². The van der Waals surface area contributed by atoms with Gasteiger partial charge in [-0.3, -0.25) is 0 Å². The molecule has 0 aliphatic heterocycles. The molecule has 0 unspecified atom stereocenters. The fraction of sp³-hybridized carbons (Fsp3) is 0.0286. The number of halogens is 23. The summed E-state index contributed by atoms with van der Waals surface area (Å²) in [6, 6.07) is 0. The SMILES string of the molecule is Fc1c(F)c(F)c(OB(Oc2c(F)c(F)c(F)c3c2C(F)(F)c2c(F)c(F)c(F)c(F)c2-3)c2c(F)c(F)c3c(F)c(F)c4c(F)c(F)c(F)c5c(F)c(F)c2c3c45)c(F)c1F. The highest BCUT2D eigenvalue weighted by Crippen LogP contribution is 2.59. The van der Waals surface area contributed by atoms with Crippen LogP contribution in [-0.4, -0.2) is 7.12 Å². The summed E-state index contributed by atoms with van der Waals surface area (Å²) < 4.78 is 357. The average molecular weight is 900 g/mol. The van der Waals surface area contributed by atoms with Crippen molar-refractivity contribution in [1.82, 2.24) is 0 Å². The lowest BCUT2D eigenvalue weighted by Crippen LogP contribution is -2.47. The third-order valence-electron chi connectivity index (χ3n) is 9.54. The van der Waals surface area contributed by atoms with Gasteiger partial charge in [0.25, 0.3) is 0 Å². The Morgan fingerprint density at radius 2 is 0.557 bits per heavy atom. The molecule has 0 spiro atoms. The van der Waals surface area contributed by atoms with Crippen molar-refractivity contribution in [1.29, 1.82) is 0 Å². The highest BCUT2D eigenvalue weighted by atomic mass is 19.3. The minimum Gasteiger partial charge on any atom is -0.519 e. The van der Waals surface area contributed by atoms with E-state index in [0.29, 0.717) is 0 Å². The first-order valence-corrected chi connectivity index (χ1v) is 15.5. The zero-order valence-corrected chi connectivity index (χ0v) is 27.6. The van der Waals surface area contributed by atoms with Crippen molar-refractivity contribution in [3.05, 3.63) is 133 Å². The average Bonchev–Trinajstić information content (AvgIpc) is 3.47. The lowest BCUT2D eigenvalue weighted by molar-refractivity contribution is 0.0404. The van der Waals surface area contributed by atoms with Crippen LogP contribution in [0.3, 0.4) is 0 Å². The molecule has 0 aromatic heterocycles. The second-order valence-corrected chi connectivity index (χ2v) is 12.6. The molecule has 0 saturated carbocycles. The molecule has 0 radical (unpaired) electrons. The van der Waals surface area contributed by atoms with E-state index in [1.165, 1.54) is 0 Å². The van der Waals surface area contributed by atoms with Gasteiger partial charge in [-0.05, 0) is 0 Å². The Morgan fingerprint density at radius 3 is 1.05 bits per heavy atom. The first kappa shape index (κ1) is 41.4. The number of fused-ring (bicyclic) bond motifs is 3. The van der Waals surface area contributed by atoms with Crippen LogP contribution in [0, 0.1) is 122 Å². The molecule has 0 fully saturated rings. The maximum atomic E-state index is 16.3. The molecule has 1 aliphatic rings. The van der Waals surface area contributed by atoms with Gasteiger partial charge in [0.2, 0.25) is 34.9 Å². The van der Waals surface area contributed by atoms with Crippen molar-refractivity contribution in [3.8, 4) is 22.6 Å². The Morgan fingerprint density at radius 1 is 0.262 bits per heavy atom. The number of rotatable bonds is 5. The summed E-state index contributed by atoms with van der Waals surface area (Å²) in [6.07, 6.45) is 0. The minimum atomic E-state index is -5.80. The summed E-state index contributed by atoms with van der Waals surface area (Å²) in [5.74, 6) is -75.6. The molecule has 0 atom stereocenters. The molecule has 26 heteroatoms. The van der Waals surface area contributed by atoms with E-state index in [0.717, 1.165) is 0 Å². The fourth-order valence-corrected chi connectivity index (χ4v) is 6.99. The molecule has 2 nitrogen and oxygen atoms in total. The Labute approximate surface area is 317 Å². The summed E-state index contributed by atoms with van der Waals surface area (Å²) in [5, 5.41) is -13.4. The normalized spacial score (nSPS) is 13.3. The number of hydrogen-bond acceptors (Lipinski definition) is 2. The van der Waals surface area contributed by atoms with E-state index in [2.05, 4.69) is 9.31 Å². The van der Waals surface area contributed by atoms with Crippen LogP contribution in [0.5, 0.6) is 11.5 Å². The summed E-state index contributed by atoms with van der Waals surface area (Å²) in [7, 11) is -4.37. The molecule has 0 N–H and O–H groups in total. The molecular formula is C35BF23O2. The van der Waals surface area contributed by atoms with E-state index in [1.807, 2.05) is 0 Å². The van der Waals surface area contributed by atoms with Crippen LogP contribution in [0.1, 0.15) is 11.1 Å². The number of benzene rings is 7. The molecule has 316 valence electrons. The third kappa shape index (κ3) is 4.97. The predicted octanol–water partition coefficient (Wildman–Crippen LogP) is 11.5. The van der Waals surface area contributed by atoms with Crippen LogP contribution in [-0.2, 0) is 5.92 Å². The van der Waals surface area contributed by atoms with E-state index >= 15 is 57.1 Å². The predicted molar refractivity (Wildman–Crippen MR) is 157 cm³/mol. The van der Waals surface area contributed by atoms with Crippen LogP contribution in [0.15, 0.2) is 0 Å². The third-order valence-corrected chi connectivity index (χ3v) is 9.54. The summed E-state index contributed by atoms with van der Waals surface area (Å²) in [5.41, 5.74) is -13.4. The lowest BCUT2D eigenvalue weighted by atomic mass is 9.72. The van der Waals surface area contributed by atoms with Crippen molar-refractivity contribution >= 4 is 44.9 Å². The quantitative estimate of drug-likeness (QED) is 0.0563. The van der Waals surface area contributed by atoms with Crippen molar-refractivity contribution < 1.29 is 110 Å². The maximum Gasteiger partial charge on any atom is 0.636 e. The van der Waals surface area contributed by atoms with Crippen molar-refractivity contribution in [2.45, 2.75) is 5.92 Å². The highest BCUT2D eigenvalue weighted by Gasteiger charge is 2.56. The Hall–Kier alpha value is -6.37. The van der Waals surface area contributed by atoms with Crippen LogP contribution in [0.25, 0.3) is 43.4 Å².